The van der Waals surface area contributed by atoms with E-state index in [2.05, 4.69) is 10.4 Å². The first-order valence-corrected chi connectivity index (χ1v) is 9.21. The largest absolute Gasteiger partial charge is 0.345 e. The van der Waals surface area contributed by atoms with E-state index in [0.29, 0.717) is 32.5 Å². The summed E-state index contributed by atoms with van der Waals surface area (Å²) in [5.41, 5.74) is -1.16. The van der Waals surface area contributed by atoms with Gasteiger partial charge < -0.3 is 9.80 Å². The Morgan fingerprint density at radius 3 is 2.37 bits per heavy atom. The van der Waals surface area contributed by atoms with Crippen molar-refractivity contribution in [1.29, 1.82) is 0 Å². The van der Waals surface area contributed by atoms with Crippen LogP contribution in [0.3, 0.4) is 0 Å². The van der Waals surface area contributed by atoms with Crippen LogP contribution in [0, 0.1) is 0 Å². The van der Waals surface area contributed by atoms with Crippen LogP contribution in [0.2, 0.25) is 0 Å². The summed E-state index contributed by atoms with van der Waals surface area (Å²) in [4.78, 5) is 51.5. The Hall–Kier alpha value is -2.65. The first kappa shape index (κ1) is 19.1. The minimum absolute atomic E-state index is 0.121. The minimum atomic E-state index is -1.03. The van der Waals surface area contributed by atoms with E-state index in [1.165, 1.54) is 9.58 Å². The van der Waals surface area contributed by atoms with E-state index >= 15 is 0 Å². The molecule has 3 heterocycles. The third kappa shape index (κ3) is 3.24. The van der Waals surface area contributed by atoms with Crippen LogP contribution >= 0.6 is 0 Å². The average molecular weight is 378 g/mol. The summed E-state index contributed by atoms with van der Waals surface area (Å²) in [7, 11) is 1.64. The summed E-state index contributed by atoms with van der Waals surface area (Å²) in [6, 6.07) is -0.534. The number of aromatic nitrogens is 3. The van der Waals surface area contributed by atoms with Gasteiger partial charge in [0, 0.05) is 32.6 Å². The molecule has 0 radical (unpaired) electrons. The molecule has 0 spiro atoms. The Morgan fingerprint density at radius 2 is 1.85 bits per heavy atom. The van der Waals surface area contributed by atoms with Crippen molar-refractivity contribution >= 4 is 17.8 Å². The van der Waals surface area contributed by atoms with Gasteiger partial charge in [-0.2, -0.15) is 5.10 Å². The Bertz CT molecular complexity index is 831. The van der Waals surface area contributed by atoms with Crippen molar-refractivity contribution in [3.05, 3.63) is 16.3 Å². The average Bonchev–Trinajstić information content (AvgIpc) is 3.02. The first-order valence-electron chi connectivity index (χ1n) is 9.21. The topological polar surface area (TPSA) is 110 Å². The van der Waals surface area contributed by atoms with Crippen molar-refractivity contribution in [3.63, 3.8) is 0 Å². The smallest absolute Gasteiger partial charge is 0.341 e. The molecule has 0 saturated carbocycles. The number of carbonyl (C=O) groups is 3. The molecule has 2 fully saturated rings. The highest BCUT2D eigenvalue weighted by Gasteiger charge is 2.46. The number of rotatable bonds is 4. The summed E-state index contributed by atoms with van der Waals surface area (Å²) in [5, 5.41) is 6.61. The molecule has 148 valence electrons. The normalized spacial score (nSPS) is 20.3. The molecule has 10 heteroatoms. The number of imide groups is 1. The fraction of sp³-hybridized carbons (Fsp3) is 0.706. The van der Waals surface area contributed by atoms with E-state index in [9.17, 15) is 19.2 Å². The summed E-state index contributed by atoms with van der Waals surface area (Å²) in [6.07, 6.45) is 1.41. The molecule has 2 aliphatic heterocycles. The molecule has 0 aliphatic carbocycles. The fourth-order valence-electron chi connectivity index (χ4n) is 3.71. The Kier molecular flexibility index (Phi) is 4.83. The number of hydrogen-bond donors (Lipinski definition) is 1. The SMILES string of the molecule is CCn1c(C2CCN(C(=O)CN3C(=O)NC(=O)C3(C)C)CC2)nn(C)c1=O. The fourth-order valence-corrected chi connectivity index (χ4v) is 3.71. The molecule has 1 aromatic rings. The van der Waals surface area contributed by atoms with Crippen LogP contribution in [0.15, 0.2) is 4.79 Å². The number of carbonyl (C=O) groups excluding carboxylic acids is 3. The van der Waals surface area contributed by atoms with Crippen LogP contribution in [-0.4, -0.2) is 67.2 Å². The number of piperidine rings is 1. The third-order valence-corrected chi connectivity index (χ3v) is 5.56. The monoisotopic (exact) mass is 378 g/mol. The zero-order valence-electron chi connectivity index (χ0n) is 16.2. The zero-order valence-corrected chi connectivity index (χ0v) is 16.2. The lowest BCUT2D eigenvalue weighted by Gasteiger charge is -2.34. The van der Waals surface area contributed by atoms with Crippen LogP contribution in [0.25, 0.3) is 0 Å². The number of hydrogen-bond acceptors (Lipinski definition) is 5. The molecular weight excluding hydrogens is 352 g/mol. The molecule has 0 aromatic carbocycles. The number of amides is 4. The third-order valence-electron chi connectivity index (χ3n) is 5.56. The highest BCUT2D eigenvalue weighted by atomic mass is 16.2. The van der Waals surface area contributed by atoms with Crippen LogP contribution in [0.5, 0.6) is 0 Å². The highest BCUT2D eigenvalue weighted by Crippen LogP contribution is 2.27. The van der Waals surface area contributed by atoms with E-state index in [0.717, 1.165) is 5.82 Å². The molecule has 2 saturated heterocycles. The molecular formula is C17H26N6O4. The van der Waals surface area contributed by atoms with Gasteiger partial charge in [-0.25, -0.2) is 14.3 Å². The van der Waals surface area contributed by atoms with Gasteiger partial charge in [-0.05, 0) is 33.6 Å². The molecule has 27 heavy (non-hydrogen) atoms. The van der Waals surface area contributed by atoms with E-state index in [-0.39, 0.29) is 24.1 Å². The van der Waals surface area contributed by atoms with E-state index in [1.54, 1.807) is 30.4 Å². The van der Waals surface area contributed by atoms with Crippen molar-refractivity contribution in [2.75, 3.05) is 19.6 Å². The lowest BCUT2D eigenvalue weighted by Crippen LogP contribution is -2.50. The number of likely N-dealkylation sites (tertiary alicyclic amines) is 1. The van der Waals surface area contributed by atoms with Crippen molar-refractivity contribution in [1.82, 2.24) is 29.5 Å². The molecule has 2 aliphatic rings. The lowest BCUT2D eigenvalue weighted by atomic mass is 9.95. The zero-order chi connectivity index (χ0) is 19.9. The van der Waals surface area contributed by atoms with Crippen molar-refractivity contribution < 1.29 is 14.4 Å². The Balaban J connectivity index is 1.63. The quantitative estimate of drug-likeness (QED) is 0.720. The lowest BCUT2D eigenvalue weighted by molar-refractivity contribution is -0.134. The molecule has 10 nitrogen and oxygen atoms in total. The van der Waals surface area contributed by atoms with Crippen LogP contribution < -0.4 is 11.0 Å². The number of aryl methyl sites for hydroxylation is 1. The summed E-state index contributed by atoms with van der Waals surface area (Å²) in [5.74, 6) is 0.311. The van der Waals surface area contributed by atoms with Gasteiger partial charge in [-0.3, -0.25) is 19.5 Å². The second kappa shape index (κ2) is 6.82. The predicted octanol–water partition coefficient (Wildman–Crippen LogP) is -0.362. The van der Waals surface area contributed by atoms with Gasteiger partial charge >= 0.3 is 11.7 Å². The van der Waals surface area contributed by atoms with E-state index < -0.39 is 17.5 Å². The summed E-state index contributed by atoms with van der Waals surface area (Å²) in [6.45, 7) is 6.65. The summed E-state index contributed by atoms with van der Waals surface area (Å²) >= 11 is 0. The maximum Gasteiger partial charge on any atom is 0.345 e. The predicted molar refractivity (Wildman–Crippen MR) is 96.0 cm³/mol. The minimum Gasteiger partial charge on any atom is -0.341 e. The second-order valence-corrected chi connectivity index (χ2v) is 7.57. The van der Waals surface area contributed by atoms with Crippen LogP contribution in [-0.2, 0) is 23.2 Å². The first-order chi connectivity index (χ1) is 12.7. The molecule has 0 unspecified atom stereocenters. The number of urea groups is 1. The molecule has 0 bridgehead atoms. The van der Waals surface area contributed by atoms with Gasteiger partial charge in [0.25, 0.3) is 5.91 Å². The molecule has 3 rings (SSSR count). The molecule has 0 atom stereocenters. The van der Waals surface area contributed by atoms with Gasteiger partial charge in [-0.15, -0.1) is 0 Å². The van der Waals surface area contributed by atoms with Crippen molar-refractivity contribution in [2.45, 2.75) is 51.6 Å². The van der Waals surface area contributed by atoms with Gasteiger partial charge in [-0.1, -0.05) is 0 Å². The van der Waals surface area contributed by atoms with E-state index in [4.69, 9.17) is 0 Å². The Labute approximate surface area is 157 Å². The van der Waals surface area contributed by atoms with Crippen LogP contribution in [0.4, 0.5) is 4.79 Å². The molecule has 1 N–H and O–H groups in total. The van der Waals surface area contributed by atoms with Crippen LogP contribution in [0.1, 0.15) is 45.4 Å². The standard InChI is InChI=1S/C17H26N6O4/c1-5-22-13(19-20(4)16(22)27)11-6-8-21(9-7-11)12(24)10-23-15(26)18-14(25)17(23,2)3/h11H,5-10H2,1-4H3,(H,18,25,26). The maximum atomic E-state index is 12.6. The molecule has 4 amide bonds. The maximum absolute atomic E-state index is 12.6. The van der Waals surface area contributed by atoms with Crippen molar-refractivity contribution in [2.24, 2.45) is 7.05 Å². The van der Waals surface area contributed by atoms with Gasteiger partial charge in [0.1, 0.15) is 17.9 Å². The van der Waals surface area contributed by atoms with Gasteiger partial charge in [0.15, 0.2) is 0 Å². The summed E-state index contributed by atoms with van der Waals surface area (Å²) < 4.78 is 3.02. The van der Waals surface area contributed by atoms with Crippen molar-refractivity contribution in [3.8, 4) is 0 Å². The number of nitrogens with one attached hydrogen (secondary N) is 1. The second-order valence-electron chi connectivity index (χ2n) is 7.57. The Morgan fingerprint density at radius 1 is 1.22 bits per heavy atom. The van der Waals surface area contributed by atoms with E-state index in [1.807, 2.05) is 6.92 Å². The molecule has 1 aromatic heterocycles. The highest BCUT2D eigenvalue weighted by molar-refractivity contribution is 6.07. The number of nitrogens with zero attached hydrogens (tertiary/aromatic N) is 5. The van der Waals surface area contributed by atoms with Gasteiger partial charge in [0.2, 0.25) is 5.91 Å². The van der Waals surface area contributed by atoms with Gasteiger partial charge in [0.05, 0.1) is 0 Å².